The molecule has 1 saturated carbocycles. The van der Waals surface area contributed by atoms with Gasteiger partial charge in [-0.15, -0.1) is 0 Å². The summed E-state index contributed by atoms with van der Waals surface area (Å²) in [6.07, 6.45) is 8.56. The van der Waals surface area contributed by atoms with Gasteiger partial charge in [-0.2, -0.15) is 5.10 Å². The fourth-order valence-electron chi connectivity index (χ4n) is 4.45. The Hall–Kier alpha value is -1.88. The molecule has 0 bridgehead atoms. The van der Waals surface area contributed by atoms with E-state index in [-0.39, 0.29) is 17.6 Å². The molecule has 0 aliphatic heterocycles. The molecule has 4 rings (SSSR count). The molecule has 1 fully saturated rings. The van der Waals surface area contributed by atoms with Crippen LogP contribution >= 0.6 is 0 Å². The number of aromatic nitrogens is 2. The predicted octanol–water partition coefficient (Wildman–Crippen LogP) is 3.86. The quantitative estimate of drug-likeness (QED) is 0.905. The van der Waals surface area contributed by atoms with E-state index in [9.17, 15) is 4.79 Å². The minimum absolute atomic E-state index is 0.0847. The van der Waals surface area contributed by atoms with E-state index in [1.165, 1.54) is 18.4 Å². The fraction of sp³-hybridized carbons (Fsp3) is 0.619. The summed E-state index contributed by atoms with van der Waals surface area (Å²) in [5.41, 5.74) is 2.41. The molecule has 5 heteroatoms. The van der Waals surface area contributed by atoms with Gasteiger partial charge in [-0.3, -0.25) is 4.79 Å². The molecule has 1 atom stereocenters. The van der Waals surface area contributed by atoms with Crippen molar-refractivity contribution >= 4 is 0 Å². The summed E-state index contributed by atoms with van der Waals surface area (Å²) in [6.45, 7) is 4.13. The third kappa shape index (κ3) is 3.63. The van der Waals surface area contributed by atoms with Crippen LogP contribution in [0.4, 0.5) is 0 Å². The number of hydrogen-bond donors (Lipinski definition) is 1. The van der Waals surface area contributed by atoms with Gasteiger partial charge in [0.2, 0.25) is 0 Å². The summed E-state index contributed by atoms with van der Waals surface area (Å²) >= 11 is 0. The lowest BCUT2D eigenvalue weighted by atomic mass is 9.90. The molecule has 26 heavy (non-hydrogen) atoms. The molecule has 0 spiro atoms. The second kappa shape index (κ2) is 7.39. The normalized spacial score (nSPS) is 24.2. The Morgan fingerprint density at radius 2 is 1.96 bits per heavy atom. The lowest BCUT2D eigenvalue weighted by molar-refractivity contribution is 0.250. The second-order valence-corrected chi connectivity index (χ2v) is 7.95. The van der Waals surface area contributed by atoms with Gasteiger partial charge in [-0.25, -0.2) is 4.68 Å². The zero-order valence-electron chi connectivity index (χ0n) is 15.8. The molecule has 0 aromatic carbocycles. The molecule has 0 saturated heterocycles. The molecule has 5 nitrogen and oxygen atoms in total. The van der Waals surface area contributed by atoms with E-state index in [0.717, 1.165) is 55.7 Å². The van der Waals surface area contributed by atoms with Crippen LogP contribution < -0.4 is 10.9 Å². The largest absolute Gasteiger partial charge is 0.465 e. The smallest absolute Gasteiger partial charge is 0.267 e. The monoisotopic (exact) mass is 355 g/mol. The van der Waals surface area contributed by atoms with Gasteiger partial charge in [0, 0.05) is 12.1 Å². The molecule has 2 aliphatic carbocycles. The summed E-state index contributed by atoms with van der Waals surface area (Å²) in [7, 11) is 0. The van der Waals surface area contributed by atoms with E-state index in [2.05, 4.69) is 18.3 Å². The first-order chi connectivity index (χ1) is 12.6. The maximum absolute atomic E-state index is 12.5. The van der Waals surface area contributed by atoms with Crippen LogP contribution in [0.25, 0.3) is 0 Å². The van der Waals surface area contributed by atoms with Crippen LogP contribution in [-0.4, -0.2) is 15.8 Å². The van der Waals surface area contributed by atoms with E-state index in [1.54, 1.807) is 4.68 Å². The first-order valence-electron chi connectivity index (χ1n) is 10.0. The number of fused-ring (bicyclic) bond motifs is 1. The van der Waals surface area contributed by atoms with Crippen molar-refractivity contribution in [3.63, 3.8) is 0 Å². The van der Waals surface area contributed by atoms with Crippen molar-refractivity contribution in [2.24, 2.45) is 0 Å². The van der Waals surface area contributed by atoms with Crippen molar-refractivity contribution in [1.82, 2.24) is 15.1 Å². The van der Waals surface area contributed by atoms with Crippen molar-refractivity contribution < 1.29 is 4.42 Å². The fourth-order valence-corrected chi connectivity index (χ4v) is 4.45. The molecule has 1 unspecified atom stereocenters. The summed E-state index contributed by atoms with van der Waals surface area (Å²) in [6, 6.07) is 6.84. The maximum atomic E-state index is 12.5. The van der Waals surface area contributed by atoms with Gasteiger partial charge in [0.15, 0.2) is 0 Å². The predicted molar refractivity (Wildman–Crippen MR) is 101 cm³/mol. The summed E-state index contributed by atoms with van der Waals surface area (Å²) in [4.78, 5) is 12.5. The van der Waals surface area contributed by atoms with Crippen LogP contribution in [0, 0.1) is 6.92 Å². The Kier molecular flexibility index (Phi) is 4.98. The van der Waals surface area contributed by atoms with Crippen molar-refractivity contribution in [1.29, 1.82) is 0 Å². The molecule has 1 N–H and O–H groups in total. The molecule has 2 aliphatic rings. The lowest BCUT2D eigenvalue weighted by Gasteiger charge is -2.31. The molecule has 2 aromatic heterocycles. The van der Waals surface area contributed by atoms with E-state index in [0.29, 0.717) is 6.04 Å². The van der Waals surface area contributed by atoms with Gasteiger partial charge in [0.1, 0.15) is 11.5 Å². The highest BCUT2D eigenvalue weighted by Crippen LogP contribution is 2.29. The molecule has 2 heterocycles. The first kappa shape index (κ1) is 17.5. The summed E-state index contributed by atoms with van der Waals surface area (Å²) in [5.74, 6) is 1.95. The number of nitrogens with one attached hydrogen (secondary N) is 1. The number of furan rings is 1. The van der Waals surface area contributed by atoms with Crippen molar-refractivity contribution in [3.8, 4) is 0 Å². The van der Waals surface area contributed by atoms with Gasteiger partial charge in [-0.1, -0.05) is 0 Å². The minimum Gasteiger partial charge on any atom is -0.465 e. The number of aryl methyl sites for hydroxylation is 3. The zero-order valence-corrected chi connectivity index (χ0v) is 15.8. The summed E-state index contributed by atoms with van der Waals surface area (Å²) < 4.78 is 7.51. The van der Waals surface area contributed by atoms with Crippen molar-refractivity contribution in [2.45, 2.75) is 83.3 Å². The highest BCUT2D eigenvalue weighted by molar-refractivity contribution is 5.20. The molecule has 140 valence electrons. The highest BCUT2D eigenvalue weighted by atomic mass is 16.3. The molecular weight excluding hydrogens is 326 g/mol. The first-order valence-corrected chi connectivity index (χ1v) is 10.0. The molecule has 2 aromatic rings. The SMILES string of the molecule is Cc1ccc(C(C)NC2CCC(n3nc4c(cc3=O)CCCC4)CC2)o1. The van der Waals surface area contributed by atoms with E-state index >= 15 is 0 Å². The topological polar surface area (TPSA) is 60.1 Å². The lowest BCUT2D eigenvalue weighted by Crippen LogP contribution is -2.38. The number of nitrogens with zero attached hydrogens (tertiary/aromatic N) is 2. The second-order valence-electron chi connectivity index (χ2n) is 7.95. The van der Waals surface area contributed by atoms with E-state index in [1.807, 2.05) is 19.1 Å². The zero-order chi connectivity index (χ0) is 18.1. The minimum atomic E-state index is 0.0847. The standard InChI is InChI=1S/C21H29N3O2/c1-14-7-12-20(26-14)15(2)22-17-8-10-18(11-9-17)24-21(25)13-16-5-3-4-6-19(16)23-24/h7,12-13,15,17-18,22H,3-6,8-11H2,1-2H3. The molecule has 0 radical (unpaired) electrons. The number of rotatable bonds is 4. The van der Waals surface area contributed by atoms with E-state index in [4.69, 9.17) is 9.52 Å². The van der Waals surface area contributed by atoms with Crippen LogP contribution in [0.3, 0.4) is 0 Å². The van der Waals surface area contributed by atoms with Crippen LogP contribution in [0.2, 0.25) is 0 Å². The van der Waals surface area contributed by atoms with Crippen LogP contribution in [0.5, 0.6) is 0 Å². The Balaban J connectivity index is 1.38. The van der Waals surface area contributed by atoms with E-state index < -0.39 is 0 Å². The van der Waals surface area contributed by atoms with Gasteiger partial charge >= 0.3 is 0 Å². The van der Waals surface area contributed by atoms with Crippen LogP contribution in [0.1, 0.15) is 80.3 Å². The molecular formula is C21H29N3O2. The average Bonchev–Trinajstić information content (AvgIpc) is 3.08. The van der Waals surface area contributed by atoms with Crippen molar-refractivity contribution in [3.05, 3.63) is 51.3 Å². The average molecular weight is 355 g/mol. The Bertz CT molecular complexity index is 815. The third-order valence-corrected chi connectivity index (χ3v) is 5.95. The highest BCUT2D eigenvalue weighted by Gasteiger charge is 2.26. The third-order valence-electron chi connectivity index (χ3n) is 5.95. The van der Waals surface area contributed by atoms with Crippen molar-refractivity contribution in [2.75, 3.05) is 0 Å². The van der Waals surface area contributed by atoms with Gasteiger partial charge in [0.25, 0.3) is 5.56 Å². The Morgan fingerprint density at radius 3 is 2.69 bits per heavy atom. The van der Waals surface area contributed by atoms with Gasteiger partial charge in [0.05, 0.1) is 17.8 Å². The Labute approximate surface area is 154 Å². The van der Waals surface area contributed by atoms with Gasteiger partial charge < -0.3 is 9.73 Å². The Morgan fingerprint density at radius 1 is 1.19 bits per heavy atom. The maximum Gasteiger partial charge on any atom is 0.267 e. The number of hydrogen-bond acceptors (Lipinski definition) is 4. The van der Waals surface area contributed by atoms with Crippen LogP contribution in [0.15, 0.2) is 27.4 Å². The summed E-state index contributed by atoms with van der Waals surface area (Å²) in [5, 5.41) is 8.43. The van der Waals surface area contributed by atoms with Crippen LogP contribution in [-0.2, 0) is 12.8 Å². The van der Waals surface area contributed by atoms with Gasteiger partial charge in [-0.05, 0) is 82.9 Å². The molecule has 0 amide bonds.